The van der Waals surface area contributed by atoms with E-state index in [2.05, 4.69) is 18.3 Å². The Balaban J connectivity index is 0.00000361. The maximum absolute atomic E-state index is 11.7. The average Bonchev–Trinajstić information content (AvgIpc) is 2.63. The lowest BCUT2D eigenvalue weighted by atomic mass is 9.94. The molecule has 0 amide bonds. The summed E-state index contributed by atoms with van der Waals surface area (Å²) in [5.41, 5.74) is 5.62. The fourth-order valence-corrected chi connectivity index (χ4v) is 1.88. The van der Waals surface area contributed by atoms with Gasteiger partial charge in [-0.25, -0.2) is 4.79 Å². The third kappa shape index (κ3) is 6.25. The molecule has 1 rings (SSSR count). The maximum Gasteiger partial charge on any atom is 0.519 e. The molecule has 0 spiro atoms. The first-order valence-corrected chi connectivity index (χ1v) is 6.37. The summed E-state index contributed by atoms with van der Waals surface area (Å²) in [6.45, 7) is 6.10. The minimum atomic E-state index is -0.789. The normalized spacial score (nSPS) is 12.1. The van der Waals surface area contributed by atoms with Crippen molar-refractivity contribution in [1.82, 2.24) is 0 Å². The van der Waals surface area contributed by atoms with E-state index >= 15 is 0 Å². The van der Waals surface area contributed by atoms with Crippen molar-refractivity contribution in [1.29, 1.82) is 0 Å². The molecule has 0 fully saturated rings. The van der Waals surface area contributed by atoms with Crippen LogP contribution in [0.3, 0.4) is 0 Å². The molecule has 0 aliphatic carbocycles. The van der Waals surface area contributed by atoms with Gasteiger partial charge >= 0.3 is 11.8 Å². The van der Waals surface area contributed by atoms with Crippen LogP contribution in [-0.4, -0.2) is 12.5 Å². The summed E-state index contributed by atoms with van der Waals surface area (Å²) in [6, 6.07) is 0. The van der Waals surface area contributed by atoms with Gasteiger partial charge in [-0.05, 0) is 31.7 Å². The van der Waals surface area contributed by atoms with E-state index in [0.717, 1.165) is 6.42 Å². The van der Waals surface area contributed by atoms with E-state index in [1.165, 1.54) is 0 Å². The summed E-state index contributed by atoms with van der Waals surface area (Å²) in [5.74, 6) is 0.0323. The molecule has 0 bridgehead atoms. The number of carbonyl (C=O) groups is 1. The number of rotatable bonds is 7. The summed E-state index contributed by atoms with van der Waals surface area (Å²) in [5, 5.41) is 0. The van der Waals surface area contributed by atoms with Crippen LogP contribution in [0.25, 0.3) is 0 Å². The number of nitrogens with two attached hydrogens (primary N) is 1. The van der Waals surface area contributed by atoms with Crippen molar-refractivity contribution in [2.45, 2.75) is 40.2 Å². The van der Waals surface area contributed by atoms with E-state index in [0.29, 0.717) is 18.2 Å². The number of hydrogen-bond acceptors (Lipinski definition) is 6. The molecule has 0 saturated carbocycles. The first kappa shape index (κ1) is 18.7. The summed E-state index contributed by atoms with van der Waals surface area (Å²) < 4.78 is 14.5. The average molecular weight is 308 g/mol. The van der Waals surface area contributed by atoms with Crippen LogP contribution in [-0.2, 0) is 16.1 Å². The molecule has 2 N–H and O–H groups in total. The Labute approximate surface area is 124 Å². The van der Waals surface area contributed by atoms with Gasteiger partial charge in [-0.15, -0.1) is 12.4 Å². The lowest BCUT2D eigenvalue weighted by Crippen LogP contribution is -2.21. The third-order valence-corrected chi connectivity index (χ3v) is 2.79. The fraction of sp³-hybridized carbons (Fsp3) is 0.692. The highest BCUT2D eigenvalue weighted by Gasteiger charge is 2.16. The molecule has 1 atom stereocenters. The molecule has 20 heavy (non-hydrogen) atoms. The summed E-state index contributed by atoms with van der Waals surface area (Å²) in [7, 11) is 0. The summed E-state index contributed by atoms with van der Waals surface area (Å²) in [6.07, 6.45) is 1.15. The number of hydrogen-bond donors (Lipinski definition) is 1. The highest BCUT2D eigenvalue weighted by atomic mass is 35.5. The van der Waals surface area contributed by atoms with Crippen molar-refractivity contribution in [2.75, 3.05) is 6.54 Å². The Bertz CT molecular complexity index is 466. The second kappa shape index (κ2) is 8.81. The van der Waals surface area contributed by atoms with Crippen LogP contribution >= 0.6 is 12.4 Å². The largest absolute Gasteiger partial charge is 0.519 e. The van der Waals surface area contributed by atoms with Crippen LogP contribution in [0.1, 0.15) is 38.2 Å². The first-order chi connectivity index (χ1) is 8.92. The van der Waals surface area contributed by atoms with Gasteiger partial charge in [0, 0.05) is 6.42 Å². The van der Waals surface area contributed by atoms with E-state index in [1.54, 1.807) is 6.92 Å². The van der Waals surface area contributed by atoms with Crippen LogP contribution in [0.2, 0.25) is 0 Å². The number of esters is 1. The minimum absolute atomic E-state index is 0. The number of aryl methyl sites for hydroxylation is 1. The Kier molecular flexibility index (Phi) is 8.25. The van der Waals surface area contributed by atoms with Gasteiger partial charge in [0.05, 0.1) is 0 Å². The van der Waals surface area contributed by atoms with E-state index in [1.807, 2.05) is 0 Å². The van der Waals surface area contributed by atoms with Crippen molar-refractivity contribution in [3.63, 3.8) is 0 Å². The molecule has 6 nitrogen and oxygen atoms in total. The monoisotopic (exact) mass is 307 g/mol. The van der Waals surface area contributed by atoms with Gasteiger partial charge in [0.15, 0.2) is 18.1 Å². The zero-order valence-electron chi connectivity index (χ0n) is 12.0. The standard InChI is InChI=1S/C13H21NO5.ClH/c1-8(2)4-10(6-14)5-12(15)17-7-11-9(3)18-13(16)19-11;/h8,10H,4-7,14H2,1-3H3;1H. The van der Waals surface area contributed by atoms with E-state index in [4.69, 9.17) is 14.9 Å². The molecule has 0 saturated heterocycles. The highest BCUT2D eigenvalue weighted by molar-refractivity contribution is 5.85. The molecule has 0 radical (unpaired) electrons. The third-order valence-electron chi connectivity index (χ3n) is 2.79. The molecular weight excluding hydrogens is 286 g/mol. The van der Waals surface area contributed by atoms with Crippen molar-refractivity contribution >= 4 is 18.4 Å². The fourth-order valence-electron chi connectivity index (χ4n) is 1.88. The highest BCUT2D eigenvalue weighted by Crippen LogP contribution is 2.15. The molecule has 1 unspecified atom stereocenters. The topological polar surface area (TPSA) is 95.7 Å². The molecule has 116 valence electrons. The molecular formula is C13H22ClNO5. The lowest BCUT2D eigenvalue weighted by Gasteiger charge is -2.15. The Morgan fingerprint density at radius 2 is 2.00 bits per heavy atom. The molecule has 0 aliphatic rings. The van der Waals surface area contributed by atoms with E-state index in [9.17, 15) is 9.59 Å². The van der Waals surface area contributed by atoms with Gasteiger partial charge in [0.2, 0.25) is 0 Å². The summed E-state index contributed by atoms with van der Waals surface area (Å²) in [4.78, 5) is 22.5. The predicted molar refractivity (Wildman–Crippen MR) is 75.6 cm³/mol. The summed E-state index contributed by atoms with van der Waals surface area (Å²) >= 11 is 0. The second-order valence-electron chi connectivity index (χ2n) is 5.03. The number of halogens is 1. The van der Waals surface area contributed by atoms with Gasteiger partial charge in [-0.2, -0.15) is 0 Å². The van der Waals surface area contributed by atoms with Crippen molar-refractivity contribution in [3.8, 4) is 0 Å². The van der Waals surface area contributed by atoms with Crippen LogP contribution < -0.4 is 11.6 Å². The smallest absolute Gasteiger partial charge is 0.457 e. The van der Waals surface area contributed by atoms with Crippen LogP contribution in [0, 0.1) is 18.8 Å². The Morgan fingerprint density at radius 3 is 2.45 bits per heavy atom. The van der Waals surface area contributed by atoms with Gasteiger partial charge in [-0.1, -0.05) is 13.8 Å². The zero-order chi connectivity index (χ0) is 14.4. The van der Waals surface area contributed by atoms with E-state index in [-0.39, 0.29) is 43.1 Å². The number of carbonyl (C=O) groups excluding carboxylic acids is 1. The van der Waals surface area contributed by atoms with E-state index < -0.39 is 5.82 Å². The lowest BCUT2D eigenvalue weighted by molar-refractivity contribution is -0.146. The van der Waals surface area contributed by atoms with Gasteiger partial charge < -0.3 is 19.3 Å². The quantitative estimate of drug-likeness (QED) is 0.774. The van der Waals surface area contributed by atoms with Crippen LogP contribution in [0.15, 0.2) is 13.6 Å². The minimum Gasteiger partial charge on any atom is -0.457 e. The SMILES string of the molecule is Cc1oc(=O)oc1COC(=O)CC(CN)CC(C)C.Cl. The Morgan fingerprint density at radius 1 is 1.35 bits per heavy atom. The second-order valence-corrected chi connectivity index (χ2v) is 5.03. The molecule has 7 heteroatoms. The van der Waals surface area contributed by atoms with Gasteiger partial charge in [0.1, 0.15) is 0 Å². The molecule has 1 aromatic heterocycles. The Hall–Kier alpha value is -1.27. The molecule has 1 heterocycles. The van der Waals surface area contributed by atoms with Crippen LogP contribution in [0.5, 0.6) is 0 Å². The van der Waals surface area contributed by atoms with Crippen molar-refractivity contribution in [3.05, 3.63) is 22.1 Å². The van der Waals surface area contributed by atoms with Crippen molar-refractivity contribution in [2.24, 2.45) is 17.6 Å². The maximum atomic E-state index is 11.7. The first-order valence-electron chi connectivity index (χ1n) is 6.37. The van der Waals surface area contributed by atoms with Crippen LogP contribution in [0.4, 0.5) is 0 Å². The zero-order valence-corrected chi connectivity index (χ0v) is 12.8. The van der Waals surface area contributed by atoms with Gasteiger partial charge in [0.25, 0.3) is 0 Å². The molecule has 1 aromatic rings. The van der Waals surface area contributed by atoms with Crippen molar-refractivity contribution < 1.29 is 18.4 Å². The van der Waals surface area contributed by atoms with Gasteiger partial charge in [-0.3, -0.25) is 4.79 Å². The molecule has 0 aliphatic heterocycles. The predicted octanol–water partition coefficient (Wildman–Crippen LogP) is 2.02. The number of ether oxygens (including phenoxy) is 1. The molecule has 0 aromatic carbocycles.